The maximum absolute atomic E-state index is 14.4. The molecule has 0 radical (unpaired) electrons. The largest absolute Gasteiger partial charge is 0.474 e. The molecule has 1 atom stereocenters. The fraction of sp³-hybridized carbons (Fsp3) is 0.478. The number of hydrogen-bond donors (Lipinski definition) is 2. The van der Waals surface area contributed by atoms with Gasteiger partial charge in [0.1, 0.15) is 17.6 Å². The van der Waals surface area contributed by atoms with Crippen molar-refractivity contribution in [2.75, 3.05) is 11.4 Å². The van der Waals surface area contributed by atoms with Gasteiger partial charge >= 0.3 is 6.18 Å². The highest BCUT2D eigenvalue weighted by Gasteiger charge is 2.35. The molecule has 1 heterocycles. The minimum atomic E-state index is -4.64. The van der Waals surface area contributed by atoms with Gasteiger partial charge in [-0.2, -0.15) is 13.2 Å². The summed E-state index contributed by atoms with van der Waals surface area (Å²) in [5.41, 5.74) is -0.293. The van der Waals surface area contributed by atoms with Gasteiger partial charge in [0.15, 0.2) is 0 Å². The maximum atomic E-state index is 14.4. The quantitative estimate of drug-likeness (QED) is 0.404. The van der Waals surface area contributed by atoms with Crippen LogP contribution >= 0.6 is 0 Å². The molecule has 1 aliphatic carbocycles. The molecule has 1 amide bonds. The number of nitrogens with zero attached hydrogens (tertiary/aromatic N) is 2. The molecule has 1 aromatic carbocycles. The zero-order chi connectivity index (χ0) is 25.9. The van der Waals surface area contributed by atoms with Crippen LogP contribution in [-0.4, -0.2) is 32.5 Å². The van der Waals surface area contributed by atoms with Crippen molar-refractivity contribution in [1.29, 1.82) is 0 Å². The van der Waals surface area contributed by atoms with Crippen LogP contribution in [0.4, 0.5) is 23.2 Å². The van der Waals surface area contributed by atoms with E-state index < -0.39 is 40.4 Å². The number of rotatable bonds is 8. The van der Waals surface area contributed by atoms with Gasteiger partial charge in [-0.15, -0.1) is 0 Å². The number of carbonyl (C=O) groups excluding carboxylic acids is 1. The van der Waals surface area contributed by atoms with Gasteiger partial charge in [0.25, 0.3) is 0 Å². The summed E-state index contributed by atoms with van der Waals surface area (Å²) in [6.07, 6.45) is -1.60. The number of pyridine rings is 1. The van der Waals surface area contributed by atoms with Gasteiger partial charge in [0.2, 0.25) is 22.7 Å². The molecule has 3 rings (SSSR count). The number of carbonyl (C=O) groups is 1. The number of benzene rings is 1. The fourth-order valence-electron chi connectivity index (χ4n) is 3.91. The first-order chi connectivity index (χ1) is 16.4. The van der Waals surface area contributed by atoms with E-state index in [0.29, 0.717) is 11.1 Å². The summed E-state index contributed by atoms with van der Waals surface area (Å²) in [4.78, 5) is 16.5. The van der Waals surface area contributed by atoms with Crippen molar-refractivity contribution in [2.24, 2.45) is 0 Å². The lowest BCUT2D eigenvalue weighted by Gasteiger charge is -2.20. The number of amides is 1. The van der Waals surface area contributed by atoms with Crippen LogP contribution in [0.15, 0.2) is 24.3 Å². The first-order valence-electron chi connectivity index (χ1n) is 11.1. The minimum absolute atomic E-state index is 0.123. The van der Waals surface area contributed by atoms with Crippen molar-refractivity contribution in [3.63, 3.8) is 0 Å². The van der Waals surface area contributed by atoms with Gasteiger partial charge in [0.05, 0.1) is 11.6 Å². The van der Waals surface area contributed by atoms with E-state index in [1.165, 1.54) is 33.0 Å². The second-order valence-corrected chi connectivity index (χ2v) is 9.62. The van der Waals surface area contributed by atoms with Crippen molar-refractivity contribution >= 4 is 22.5 Å². The van der Waals surface area contributed by atoms with Gasteiger partial charge in [0, 0.05) is 19.2 Å². The maximum Gasteiger partial charge on any atom is 0.433 e. The summed E-state index contributed by atoms with van der Waals surface area (Å²) in [5.74, 6) is -2.26. The minimum Gasteiger partial charge on any atom is -0.474 e. The van der Waals surface area contributed by atoms with E-state index >= 15 is 0 Å². The molecule has 7 nitrogen and oxygen atoms in total. The average Bonchev–Trinajstić information content (AvgIpc) is 3.29. The Labute approximate surface area is 202 Å². The Morgan fingerprint density at radius 2 is 1.91 bits per heavy atom. The topological polar surface area (TPSA) is 88.6 Å². The Hall–Kier alpha value is -2.89. The predicted octanol–water partition coefficient (Wildman–Crippen LogP) is 4.25. The third kappa shape index (κ3) is 6.41. The molecule has 0 bridgehead atoms. The highest BCUT2D eigenvalue weighted by atomic mass is 32.2. The molecule has 1 saturated carbocycles. The number of thiol groups is 1. The van der Waals surface area contributed by atoms with Crippen LogP contribution in [0.25, 0.3) is 0 Å². The molecular formula is C23H27F4N3O4S. The van der Waals surface area contributed by atoms with Crippen LogP contribution in [0, 0.1) is 12.7 Å². The first-order valence-corrected chi connectivity index (χ1v) is 12.2. The van der Waals surface area contributed by atoms with Crippen LogP contribution < -0.4 is 14.4 Å². The Balaban J connectivity index is 1.79. The van der Waals surface area contributed by atoms with Gasteiger partial charge in [-0.3, -0.25) is 9.10 Å². The van der Waals surface area contributed by atoms with Gasteiger partial charge in [-0.25, -0.2) is 17.8 Å². The highest BCUT2D eigenvalue weighted by molar-refractivity contribution is 7.74. The van der Waals surface area contributed by atoms with Crippen LogP contribution in [0.1, 0.15) is 60.9 Å². The molecule has 1 aromatic heterocycles. The van der Waals surface area contributed by atoms with Gasteiger partial charge in [-0.1, -0.05) is 6.07 Å². The summed E-state index contributed by atoms with van der Waals surface area (Å²) >= 11 is 0. The van der Waals surface area contributed by atoms with E-state index in [2.05, 4.69) is 10.3 Å². The molecule has 0 spiro atoms. The van der Waals surface area contributed by atoms with Gasteiger partial charge < -0.3 is 10.1 Å². The van der Waals surface area contributed by atoms with E-state index in [0.717, 1.165) is 42.1 Å². The molecule has 1 fully saturated rings. The number of aryl methyl sites for hydroxylation is 1. The molecular weight excluding hydrogens is 490 g/mol. The molecule has 12 heteroatoms. The number of alkyl halides is 3. The van der Waals surface area contributed by atoms with Gasteiger partial charge in [-0.05, 0) is 68.9 Å². The monoisotopic (exact) mass is 517 g/mol. The van der Waals surface area contributed by atoms with Crippen LogP contribution in [-0.2, 0) is 28.4 Å². The average molecular weight is 518 g/mol. The molecule has 2 aromatic rings. The molecule has 35 heavy (non-hydrogen) atoms. The molecule has 0 aliphatic heterocycles. The normalized spacial score (nSPS) is 15.3. The van der Waals surface area contributed by atoms with E-state index in [4.69, 9.17) is 4.74 Å². The SMILES string of the molecule is Cc1cc(C(F)(F)F)nc(OC2CCCC2)c1CNC(=O)C(C)c1ccc(N(C)[SH](=O)=O)c(F)c1. The Morgan fingerprint density at radius 3 is 2.49 bits per heavy atom. The van der Waals surface area contributed by atoms with Crippen LogP contribution in [0.5, 0.6) is 5.88 Å². The van der Waals surface area contributed by atoms with Crippen molar-refractivity contribution in [2.45, 2.75) is 64.3 Å². The predicted molar refractivity (Wildman–Crippen MR) is 122 cm³/mol. The van der Waals surface area contributed by atoms with Crippen molar-refractivity contribution in [1.82, 2.24) is 10.3 Å². The molecule has 0 saturated heterocycles. The molecule has 1 N–H and O–H groups in total. The van der Waals surface area contributed by atoms with E-state index in [-0.39, 0.29) is 29.8 Å². The molecule has 1 unspecified atom stereocenters. The lowest BCUT2D eigenvalue weighted by Crippen LogP contribution is -2.29. The smallest absolute Gasteiger partial charge is 0.433 e. The second-order valence-electron chi connectivity index (χ2n) is 8.54. The number of anilines is 1. The Morgan fingerprint density at radius 1 is 1.26 bits per heavy atom. The zero-order valence-electron chi connectivity index (χ0n) is 19.5. The van der Waals surface area contributed by atoms with Crippen LogP contribution in [0.2, 0.25) is 0 Å². The Kier molecular flexibility index (Phi) is 8.24. The first kappa shape index (κ1) is 26.7. The fourth-order valence-corrected chi connectivity index (χ4v) is 4.25. The van der Waals surface area contributed by atoms with E-state index in [9.17, 15) is 30.8 Å². The summed E-state index contributed by atoms with van der Waals surface area (Å²) in [6, 6.07) is 4.70. The summed E-state index contributed by atoms with van der Waals surface area (Å²) in [5, 5.41) is 2.67. The van der Waals surface area contributed by atoms with Crippen molar-refractivity contribution in [3.8, 4) is 5.88 Å². The lowest BCUT2D eigenvalue weighted by atomic mass is 9.99. The van der Waals surface area contributed by atoms with Crippen molar-refractivity contribution < 1.29 is 35.5 Å². The van der Waals surface area contributed by atoms with Crippen LogP contribution in [0.3, 0.4) is 0 Å². The second kappa shape index (κ2) is 10.8. The summed E-state index contributed by atoms with van der Waals surface area (Å²) in [6.45, 7) is 2.91. The summed E-state index contributed by atoms with van der Waals surface area (Å²) < 4.78 is 83.1. The standard InChI is InChI=1S/C23H27F4N3O4S/c1-13-10-20(23(25,26)27)29-22(34-16-6-4-5-7-16)17(13)12-28-21(31)14(2)15-8-9-19(18(24)11-15)30(3)35(32)33/h8-11,14,16,35H,4-7,12H2,1-3H3,(H,28,31). The van der Waals surface area contributed by atoms with E-state index in [1.807, 2.05) is 0 Å². The number of nitrogens with one attached hydrogen (secondary N) is 1. The highest BCUT2D eigenvalue weighted by Crippen LogP contribution is 2.34. The number of halogens is 4. The number of aromatic nitrogens is 1. The zero-order valence-corrected chi connectivity index (χ0v) is 20.4. The summed E-state index contributed by atoms with van der Waals surface area (Å²) in [7, 11) is -1.82. The number of hydrogen-bond acceptors (Lipinski definition) is 5. The molecule has 192 valence electrons. The third-order valence-corrected chi connectivity index (χ3v) is 6.78. The number of ether oxygens (including phenoxy) is 1. The van der Waals surface area contributed by atoms with E-state index in [1.54, 1.807) is 0 Å². The van der Waals surface area contributed by atoms with Crippen molar-refractivity contribution in [3.05, 3.63) is 52.5 Å². The molecule has 1 aliphatic rings. The lowest BCUT2D eigenvalue weighted by molar-refractivity contribution is -0.141. The Bertz CT molecular complexity index is 1160. The third-order valence-electron chi connectivity index (χ3n) is 6.08.